The summed E-state index contributed by atoms with van der Waals surface area (Å²) < 4.78 is 5.95. The smallest absolute Gasteiger partial charge is 0.0706 e. The zero-order chi connectivity index (χ0) is 11.0. The van der Waals surface area contributed by atoms with Crippen LogP contribution in [0.1, 0.15) is 32.6 Å². The van der Waals surface area contributed by atoms with Crippen molar-refractivity contribution in [1.29, 1.82) is 0 Å². The fourth-order valence-corrected chi connectivity index (χ4v) is 3.67. The van der Waals surface area contributed by atoms with E-state index in [1.807, 2.05) is 0 Å². The molecule has 3 aliphatic rings. The number of hydrogen-bond acceptors (Lipinski definition) is 3. The van der Waals surface area contributed by atoms with Crippen LogP contribution in [0, 0.1) is 5.92 Å². The van der Waals surface area contributed by atoms with Crippen LogP contribution in [-0.2, 0) is 4.74 Å². The van der Waals surface area contributed by atoms with E-state index >= 15 is 0 Å². The van der Waals surface area contributed by atoms with Crippen molar-refractivity contribution in [1.82, 2.24) is 10.2 Å². The molecule has 0 amide bonds. The molecule has 4 atom stereocenters. The first kappa shape index (κ1) is 11.0. The van der Waals surface area contributed by atoms with Crippen molar-refractivity contribution in [3.05, 3.63) is 0 Å². The fraction of sp³-hybridized carbons (Fsp3) is 1.00. The van der Waals surface area contributed by atoms with Gasteiger partial charge in [-0.3, -0.25) is 4.90 Å². The van der Waals surface area contributed by atoms with Crippen molar-refractivity contribution in [2.75, 3.05) is 26.2 Å². The predicted octanol–water partition coefficient (Wildman–Crippen LogP) is 1.24. The Morgan fingerprint density at radius 3 is 3.00 bits per heavy atom. The number of likely N-dealkylation sites (tertiary alicyclic amines) is 1. The van der Waals surface area contributed by atoms with E-state index in [9.17, 15) is 0 Å². The van der Waals surface area contributed by atoms with Gasteiger partial charge in [0.25, 0.3) is 0 Å². The van der Waals surface area contributed by atoms with Crippen LogP contribution in [0.4, 0.5) is 0 Å². The average molecular weight is 224 g/mol. The molecule has 16 heavy (non-hydrogen) atoms. The van der Waals surface area contributed by atoms with E-state index in [1.54, 1.807) is 0 Å². The lowest BCUT2D eigenvalue weighted by molar-refractivity contribution is 0.00960. The number of ether oxygens (including phenoxy) is 1. The lowest BCUT2D eigenvalue weighted by atomic mass is 9.92. The van der Waals surface area contributed by atoms with Crippen LogP contribution in [0.15, 0.2) is 0 Å². The number of fused-ring (bicyclic) bond motifs is 1. The van der Waals surface area contributed by atoms with Gasteiger partial charge in [0.15, 0.2) is 0 Å². The number of nitrogens with one attached hydrogen (secondary N) is 1. The summed E-state index contributed by atoms with van der Waals surface area (Å²) in [5.41, 5.74) is 0. The number of nitrogens with zero attached hydrogens (tertiary/aromatic N) is 1. The molecular weight excluding hydrogens is 200 g/mol. The summed E-state index contributed by atoms with van der Waals surface area (Å²) >= 11 is 0. The van der Waals surface area contributed by atoms with Gasteiger partial charge in [0.2, 0.25) is 0 Å². The van der Waals surface area contributed by atoms with Crippen LogP contribution in [0.5, 0.6) is 0 Å². The Morgan fingerprint density at radius 2 is 2.19 bits per heavy atom. The molecule has 3 saturated heterocycles. The Morgan fingerprint density at radius 1 is 1.25 bits per heavy atom. The molecule has 0 radical (unpaired) electrons. The minimum absolute atomic E-state index is 0.493. The van der Waals surface area contributed by atoms with Gasteiger partial charge in [-0.05, 0) is 51.6 Å². The molecule has 0 saturated carbocycles. The van der Waals surface area contributed by atoms with E-state index < -0.39 is 0 Å². The second kappa shape index (κ2) is 4.63. The summed E-state index contributed by atoms with van der Waals surface area (Å²) in [6.45, 7) is 7.11. The second-order valence-corrected chi connectivity index (χ2v) is 5.77. The third-order valence-corrected chi connectivity index (χ3v) is 4.55. The highest BCUT2D eigenvalue weighted by Crippen LogP contribution is 2.28. The highest BCUT2D eigenvalue weighted by Gasteiger charge is 2.36. The molecule has 0 aromatic rings. The first-order chi connectivity index (χ1) is 7.83. The van der Waals surface area contributed by atoms with Gasteiger partial charge >= 0.3 is 0 Å². The third-order valence-electron chi connectivity index (χ3n) is 4.55. The maximum absolute atomic E-state index is 5.95. The standard InChI is InChI=1S/C13H24N2O/c1-10-4-5-12(16-10)9-15-6-2-3-11-7-14-8-13(11)15/h10-14H,2-9H2,1H3. The number of rotatable bonds is 2. The van der Waals surface area contributed by atoms with Gasteiger partial charge in [-0.1, -0.05) is 0 Å². The zero-order valence-electron chi connectivity index (χ0n) is 10.3. The van der Waals surface area contributed by atoms with E-state index in [1.165, 1.54) is 51.9 Å². The topological polar surface area (TPSA) is 24.5 Å². The summed E-state index contributed by atoms with van der Waals surface area (Å²) in [7, 11) is 0. The molecule has 3 heterocycles. The Kier molecular flexibility index (Phi) is 3.18. The third kappa shape index (κ3) is 2.13. The van der Waals surface area contributed by atoms with Crippen molar-refractivity contribution in [3.63, 3.8) is 0 Å². The van der Waals surface area contributed by atoms with Crippen LogP contribution < -0.4 is 5.32 Å². The van der Waals surface area contributed by atoms with Crippen molar-refractivity contribution in [2.24, 2.45) is 5.92 Å². The van der Waals surface area contributed by atoms with E-state index in [0.29, 0.717) is 12.2 Å². The van der Waals surface area contributed by atoms with Crippen LogP contribution >= 0.6 is 0 Å². The van der Waals surface area contributed by atoms with Crippen molar-refractivity contribution < 1.29 is 4.74 Å². The highest BCUT2D eigenvalue weighted by atomic mass is 16.5. The SMILES string of the molecule is CC1CCC(CN2CCCC3CNCC32)O1. The molecule has 3 fully saturated rings. The summed E-state index contributed by atoms with van der Waals surface area (Å²) in [4.78, 5) is 2.69. The van der Waals surface area contributed by atoms with Crippen LogP contribution in [-0.4, -0.2) is 49.3 Å². The molecule has 0 spiro atoms. The molecule has 4 unspecified atom stereocenters. The summed E-state index contributed by atoms with van der Waals surface area (Å²) in [5, 5.41) is 3.55. The molecule has 3 rings (SSSR count). The zero-order valence-corrected chi connectivity index (χ0v) is 10.3. The minimum Gasteiger partial charge on any atom is -0.374 e. The minimum atomic E-state index is 0.493. The van der Waals surface area contributed by atoms with Gasteiger partial charge < -0.3 is 10.1 Å². The molecule has 92 valence electrons. The van der Waals surface area contributed by atoms with E-state index in [2.05, 4.69) is 17.1 Å². The summed E-state index contributed by atoms with van der Waals surface area (Å²) in [6.07, 6.45) is 6.33. The van der Waals surface area contributed by atoms with Crippen molar-refractivity contribution >= 4 is 0 Å². The van der Waals surface area contributed by atoms with Gasteiger partial charge in [0.05, 0.1) is 12.2 Å². The van der Waals surface area contributed by atoms with E-state index in [-0.39, 0.29) is 0 Å². The van der Waals surface area contributed by atoms with Crippen LogP contribution in [0.3, 0.4) is 0 Å². The lowest BCUT2D eigenvalue weighted by Gasteiger charge is -2.38. The molecular formula is C13H24N2O. The molecule has 3 heteroatoms. The second-order valence-electron chi connectivity index (χ2n) is 5.77. The Labute approximate surface area is 98.5 Å². The molecule has 3 aliphatic heterocycles. The van der Waals surface area contributed by atoms with Crippen molar-refractivity contribution in [3.8, 4) is 0 Å². The molecule has 0 aromatic carbocycles. The van der Waals surface area contributed by atoms with Crippen LogP contribution in [0.2, 0.25) is 0 Å². The lowest BCUT2D eigenvalue weighted by Crippen LogP contribution is -2.48. The molecule has 3 nitrogen and oxygen atoms in total. The summed E-state index contributed by atoms with van der Waals surface area (Å²) in [5.74, 6) is 0.910. The average Bonchev–Trinajstić information content (AvgIpc) is 2.87. The maximum Gasteiger partial charge on any atom is 0.0706 e. The van der Waals surface area contributed by atoms with E-state index in [0.717, 1.165) is 12.0 Å². The summed E-state index contributed by atoms with van der Waals surface area (Å²) in [6, 6.07) is 0.799. The Hall–Kier alpha value is -0.120. The van der Waals surface area contributed by atoms with Gasteiger partial charge in [0.1, 0.15) is 0 Å². The molecule has 1 N–H and O–H groups in total. The normalized spacial score (nSPS) is 44.8. The van der Waals surface area contributed by atoms with Gasteiger partial charge in [0, 0.05) is 19.1 Å². The predicted molar refractivity (Wildman–Crippen MR) is 64.5 cm³/mol. The molecule has 0 bridgehead atoms. The molecule has 0 aromatic heterocycles. The van der Waals surface area contributed by atoms with Gasteiger partial charge in [-0.25, -0.2) is 0 Å². The first-order valence-electron chi connectivity index (χ1n) is 6.93. The fourth-order valence-electron chi connectivity index (χ4n) is 3.67. The molecule has 0 aliphatic carbocycles. The quantitative estimate of drug-likeness (QED) is 0.764. The number of hydrogen-bond donors (Lipinski definition) is 1. The Bertz CT molecular complexity index is 246. The Balaban J connectivity index is 1.57. The van der Waals surface area contributed by atoms with Gasteiger partial charge in [-0.2, -0.15) is 0 Å². The first-order valence-corrected chi connectivity index (χ1v) is 6.93. The monoisotopic (exact) mass is 224 g/mol. The highest BCUT2D eigenvalue weighted by molar-refractivity contribution is 4.93. The largest absolute Gasteiger partial charge is 0.374 e. The van der Waals surface area contributed by atoms with Gasteiger partial charge in [-0.15, -0.1) is 0 Å². The number of piperidine rings is 1. The van der Waals surface area contributed by atoms with Crippen molar-refractivity contribution in [2.45, 2.75) is 50.9 Å². The van der Waals surface area contributed by atoms with E-state index in [4.69, 9.17) is 4.74 Å². The van der Waals surface area contributed by atoms with Crippen LogP contribution in [0.25, 0.3) is 0 Å². The maximum atomic E-state index is 5.95.